The van der Waals surface area contributed by atoms with Crippen molar-refractivity contribution in [3.63, 3.8) is 0 Å². The van der Waals surface area contributed by atoms with E-state index < -0.39 is 11.1 Å². The molecule has 0 aromatic heterocycles. The predicted octanol–water partition coefficient (Wildman–Crippen LogP) is 4.21. The van der Waals surface area contributed by atoms with Crippen molar-refractivity contribution in [2.75, 3.05) is 13.1 Å². The molecular weight excluding hydrogens is 337 g/mol. The van der Waals surface area contributed by atoms with Crippen molar-refractivity contribution in [3.05, 3.63) is 34.3 Å². The molecule has 116 valence electrons. The molecule has 1 aliphatic rings. The van der Waals surface area contributed by atoms with Crippen molar-refractivity contribution in [2.45, 2.75) is 39.3 Å². The van der Waals surface area contributed by atoms with Crippen LogP contribution >= 0.6 is 15.9 Å². The van der Waals surface area contributed by atoms with Crippen molar-refractivity contribution in [2.24, 2.45) is 5.41 Å². The van der Waals surface area contributed by atoms with E-state index in [0.29, 0.717) is 24.9 Å². The Morgan fingerprint density at radius 2 is 1.95 bits per heavy atom. The molecule has 5 heteroatoms. The van der Waals surface area contributed by atoms with E-state index in [9.17, 15) is 4.79 Å². The smallest absolute Gasteiger partial charge is 0.330 e. The van der Waals surface area contributed by atoms with Gasteiger partial charge in [-0.15, -0.1) is 5.06 Å². The zero-order valence-corrected chi connectivity index (χ0v) is 14.2. The van der Waals surface area contributed by atoms with Gasteiger partial charge in [-0.05, 0) is 51.3 Å². The van der Waals surface area contributed by atoms with Crippen LogP contribution in [0.4, 0.5) is 4.39 Å². The highest BCUT2D eigenvalue weighted by atomic mass is 79.9. The summed E-state index contributed by atoms with van der Waals surface area (Å²) in [6.07, 6.45) is 1.10. The number of halogens is 2. The minimum Gasteiger partial charge on any atom is -0.367 e. The number of nitrogens with zero attached hydrogens (tertiary/aromatic N) is 1. The van der Waals surface area contributed by atoms with E-state index >= 15 is 4.39 Å². The van der Waals surface area contributed by atoms with Crippen molar-refractivity contribution >= 4 is 21.9 Å². The molecule has 0 bridgehead atoms. The number of hydrogen-bond donors (Lipinski definition) is 0. The molecule has 2 rings (SSSR count). The van der Waals surface area contributed by atoms with Gasteiger partial charge < -0.3 is 4.84 Å². The van der Waals surface area contributed by atoms with E-state index in [1.807, 2.05) is 12.1 Å². The summed E-state index contributed by atoms with van der Waals surface area (Å²) < 4.78 is 16.1. The third-order valence-electron chi connectivity index (χ3n) is 3.59. The van der Waals surface area contributed by atoms with Crippen LogP contribution < -0.4 is 0 Å². The molecule has 1 aromatic rings. The van der Waals surface area contributed by atoms with E-state index in [4.69, 9.17) is 4.84 Å². The normalized spacial score (nSPS) is 23.9. The van der Waals surface area contributed by atoms with E-state index in [-0.39, 0.29) is 12.5 Å². The van der Waals surface area contributed by atoms with Crippen LogP contribution in [0.5, 0.6) is 0 Å². The second kappa shape index (κ2) is 6.05. The molecule has 0 spiro atoms. The maximum atomic E-state index is 15.2. The lowest BCUT2D eigenvalue weighted by atomic mass is 9.88. The number of piperidine rings is 1. The van der Waals surface area contributed by atoms with Gasteiger partial charge >= 0.3 is 5.97 Å². The average Bonchev–Trinajstić information content (AvgIpc) is 2.38. The Hall–Kier alpha value is -0.940. The molecule has 1 unspecified atom stereocenters. The van der Waals surface area contributed by atoms with Gasteiger partial charge in [-0.25, -0.2) is 9.18 Å². The fourth-order valence-corrected chi connectivity index (χ4v) is 2.55. The van der Waals surface area contributed by atoms with Crippen molar-refractivity contribution in [1.82, 2.24) is 5.06 Å². The lowest BCUT2D eigenvalue weighted by Crippen LogP contribution is -2.45. The zero-order chi connectivity index (χ0) is 15.7. The molecule has 0 amide bonds. The number of benzene rings is 1. The Morgan fingerprint density at radius 1 is 1.33 bits per heavy atom. The first-order valence-corrected chi connectivity index (χ1v) is 7.92. The fourth-order valence-electron chi connectivity index (χ4n) is 2.29. The molecule has 0 N–H and O–H groups in total. The summed E-state index contributed by atoms with van der Waals surface area (Å²) in [5.74, 6) is -0.331. The maximum absolute atomic E-state index is 15.2. The monoisotopic (exact) mass is 357 g/mol. The molecular formula is C16H21BrFNO2. The minimum atomic E-state index is -1.48. The zero-order valence-electron chi connectivity index (χ0n) is 12.7. The van der Waals surface area contributed by atoms with Gasteiger partial charge in [0.05, 0.1) is 12.0 Å². The first-order chi connectivity index (χ1) is 9.71. The van der Waals surface area contributed by atoms with Gasteiger partial charge in [0.1, 0.15) is 0 Å². The van der Waals surface area contributed by atoms with E-state index in [1.165, 1.54) is 5.06 Å². The molecule has 1 aliphatic heterocycles. The molecule has 21 heavy (non-hydrogen) atoms. The van der Waals surface area contributed by atoms with Crippen molar-refractivity contribution in [3.8, 4) is 0 Å². The highest BCUT2D eigenvalue weighted by Gasteiger charge is 2.39. The summed E-state index contributed by atoms with van der Waals surface area (Å²) in [4.78, 5) is 17.3. The highest BCUT2D eigenvalue weighted by molar-refractivity contribution is 9.10. The Bertz CT molecular complexity index is 512. The number of carbonyl (C=O) groups is 1. The number of carbonyl (C=O) groups excluding carboxylic acids is 1. The lowest BCUT2D eigenvalue weighted by Gasteiger charge is -2.37. The van der Waals surface area contributed by atoms with E-state index in [1.54, 1.807) is 32.9 Å². The fraction of sp³-hybridized carbons (Fsp3) is 0.562. The Balaban J connectivity index is 2.09. The van der Waals surface area contributed by atoms with Crippen LogP contribution in [-0.2, 0) is 15.3 Å². The van der Waals surface area contributed by atoms with Crippen LogP contribution in [0.25, 0.3) is 0 Å². The van der Waals surface area contributed by atoms with Crippen LogP contribution in [0.2, 0.25) is 0 Å². The van der Waals surface area contributed by atoms with Crippen LogP contribution in [0, 0.1) is 5.41 Å². The summed E-state index contributed by atoms with van der Waals surface area (Å²) in [5.41, 5.74) is -1.44. The molecule has 0 aliphatic carbocycles. The van der Waals surface area contributed by atoms with Gasteiger partial charge in [0.25, 0.3) is 0 Å². The summed E-state index contributed by atoms with van der Waals surface area (Å²) >= 11 is 3.35. The summed E-state index contributed by atoms with van der Waals surface area (Å²) in [6.45, 7) is 6.02. The van der Waals surface area contributed by atoms with Gasteiger partial charge in [-0.2, -0.15) is 0 Å². The lowest BCUT2D eigenvalue weighted by molar-refractivity contribution is -0.215. The summed E-state index contributed by atoms with van der Waals surface area (Å²) in [7, 11) is 0. The van der Waals surface area contributed by atoms with Crippen molar-refractivity contribution < 1.29 is 14.0 Å². The van der Waals surface area contributed by atoms with Crippen LogP contribution in [0.3, 0.4) is 0 Å². The second-order valence-electron chi connectivity index (χ2n) is 6.57. The third-order valence-corrected chi connectivity index (χ3v) is 4.12. The largest absolute Gasteiger partial charge is 0.367 e. The number of rotatable bonds is 2. The van der Waals surface area contributed by atoms with Crippen LogP contribution in [-0.4, -0.2) is 24.1 Å². The third kappa shape index (κ3) is 4.04. The van der Waals surface area contributed by atoms with Gasteiger partial charge in [0.2, 0.25) is 0 Å². The number of hydrogen-bond acceptors (Lipinski definition) is 3. The Kier molecular flexibility index (Phi) is 4.73. The van der Waals surface area contributed by atoms with Crippen LogP contribution in [0.1, 0.15) is 39.2 Å². The molecule has 1 heterocycles. The first-order valence-electron chi connectivity index (χ1n) is 7.13. The van der Waals surface area contributed by atoms with Crippen LogP contribution in [0.15, 0.2) is 28.7 Å². The summed E-state index contributed by atoms with van der Waals surface area (Å²) in [5, 5.41) is 1.46. The highest BCUT2D eigenvalue weighted by Crippen LogP contribution is 2.36. The quantitative estimate of drug-likeness (QED) is 0.793. The molecule has 1 saturated heterocycles. The molecule has 1 aromatic carbocycles. The molecule has 1 fully saturated rings. The Labute approximate surface area is 133 Å². The SMILES string of the molecule is CC(C)(C)C(=O)ON1CCCC(F)(c2ccc(Br)cc2)C1. The van der Waals surface area contributed by atoms with Gasteiger partial charge in [0, 0.05) is 11.0 Å². The van der Waals surface area contributed by atoms with E-state index in [2.05, 4.69) is 15.9 Å². The van der Waals surface area contributed by atoms with Crippen molar-refractivity contribution in [1.29, 1.82) is 0 Å². The van der Waals surface area contributed by atoms with Gasteiger partial charge in [-0.3, -0.25) is 0 Å². The maximum Gasteiger partial charge on any atom is 0.330 e. The minimum absolute atomic E-state index is 0.0798. The molecule has 0 radical (unpaired) electrons. The molecule has 3 nitrogen and oxygen atoms in total. The first kappa shape index (κ1) is 16.4. The van der Waals surface area contributed by atoms with E-state index in [0.717, 1.165) is 4.47 Å². The number of hydroxylamine groups is 2. The number of alkyl halides is 1. The predicted molar refractivity (Wildman–Crippen MR) is 83.3 cm³/mol. The molecule has 1 atom stereocenters. The second-order valence-corrected chi connectivity index (χ2v) is 7.48. The van der Waals surface area contributed by atoms with Gasteiger partial charge in [0.15, 0.2) is 5.67 Å². The standard InChI is InChI=1S/C16H21BrFNO2/c1-15(2,3)14(20)21-19-10-4-9-16(18,11-19)12-5-7-13(17)8-6-12/h5-8H,4,9-11H2,1-3H3. The summed E-state index contributed by atoms with van der Waals surface area (Å²) in [6, 6.07) is 7.21. The Morgan fingerprint density at radius 3 is 2.52 bits per heavy atom. The van der Waals surface area contributed by atoms with Gasteiger partial charge in [-0.1, -0.05) is 28.1 Å². The topological polar surface area (TPSA) is 29.5 Å². The average molecular weight is 358 g/mol. The molecule has 0 saturated carbocycles.